The average molecular weight is 291 g/mol. The summed E-state index contributed by atoms with van der Waals surface area (Å²) in [7, 11) is 0. The van der Waals surface area contributed by atoms with Gasteiger partial charge in [-0.05, 0) is 25.2 Å². The van der Waals surface area contributed by atoms with Crippen LogP contribution in [-0.4, -0.2) is 39.0 Å². The SMILES string of the molecule is CCN(CC)Cc1sc(-c2ccncc2)nc1C(=O)O. The second-order valence-corrected chi connectivity index (χ2v) is 5.38. The van der Waals surface area contributed by atoms with Crippen LogP contribution in [-0.2, 0) is 6.54 Å². The third-order valence-electron chi connectivity index (χ3n) is 3.09. The molecule has 2 aromatic rings. The van der Waals surface area contributed by atoms with E-state index in [-0.39, 0.29) is 5.69 Å². The minimum Gasteiger partial charge on any atom is -0.476 e. The highest BCUT2D eigenvalue weighted by molar-refractivity contribution is 7.15. The van der Waals surface area contributed by atoms with E-state index in [4.69, 9.17) is 0 Å². The number of aromatic nitrogens is 2. The van der Waals surface area contributed by atoms with E-state index >= 15 is 0 Å². The van der Waals surface area contributed by atoms with Crippen LogP contribution in [0.2, 0.25) is 0 Å². The fourth-order valence-corrected chi connectivity index (χ4v) is 3.00. The number of pyridine rings is 1. The van der Waals surface area contributed by atoms with Crippen molar-refractivity contribution in [1.29, 1.82) is 0 Å². The molecule has 2 heterocycles. The van der Waals surface area contributed by atoms with Crippen LogP contribution in [0.3, 0.4) is 0 Å². The summed E-state index contributed by atoms with van der Waals surface area (Å²) < 4.78 is 0. The Bertz CT molecular complexity index is 579. The molecule has 0 bridgehead atoms. The highest BCUT2D eigenvalue weighted by atomic mass is 32.1. The summed E-state index contributed by atoms with van der Waals surface area (Å²) in [6.07, 6.45) is 3.36. The number of carboxylic acid groups (broad SMARTS) is 1. The van der Waals surface area contributed by atoms with Crippen molar-refractivity contribution in [3.8, 4) is 10.6 Å². The van der Waals surface area contributed by atoms with E-state index in [1.165, 1.54) is 11.3 Å². The van der Waals surface area contributed by atoms with Gasteiger partial charge in [0.05, 0.1) is 4.88 Å². The molecule has 5 nitrogen and oxygen atoms in total. The number of nitrogens with zero attached hydrogens (tertiary/aromatic N) is 3. The molecule has 2 rings (SSSR count). The average Bonchev–Trinajstić information content (AvgIpc) is 2.89. The second-order valence-electron chi connectivity index (χ2n) is 4.29. The Morgan fingerprint density at radius 3 is 2.50 bits per heavy atom. The molecule has 20 heavy (non-hydrogen) atoms. The van der Waals surface area contributed by atoms with Crippen molar-refractivity contribution >= 4 is 17.3 Å². The fraction of sp³-hybridized carbons (Fsp3) is 0.357. The van der Waals surface area contributed by atoms with Crippen LogP contribution in [0.25, 0.3) is 10.6 Å². The first kappa shape index (κ1) is 14.6. The molecule has 1 N–H and O–H groups in total. The summed E-state index contributed by atoms with van der Waals surface area (Å²) in [4.78, 5) is 22.5. The van der Waals surface area contributed by atoms with Gasteiger partial charge in [-0.2, -0.15) is 0 Å². The molecular weight excluding hydrogens is 274 g/mol. The van der Waals surface area contributed by atoms with Gasteiger partial charge in [-0.15, -0.1) is 11.3 Å². The van der Waals surface area contributed by atoms with Gasteiger partial charge in [0, 0.05) is 24.5 Å². The number of carbonyl (C=O) groups is 1. The van der Waals surface area contributed by atoms with Crippen molar-refractivity contribution < 1.29 is 9.90 Å². The maximum Gasteiger partial charge on any atom is 0.355 e. The number of hydrogen-bond acceptors (Lipinski definition) is 5. The molecule has 0 atom stereocenters. The van der Waals surface area contributed by atoms with E-state index in [0.29, 0.717) is 6.54 Å². The standard InChI is InChI=1S/C14H17N3O2S/c1-3-17(4-2)9-11-12(14(18)19)16-13(20-11)10-5-7-15-8-6-10/h5-8H,3-4,9H2,1-2H3,(H,18,19). The maximum absolute atomic E-state index is 11.3. The minimum atomic E-state index is -0.969. The molecule has 106 valence electrons. The molecular formula is C14H17N3O2S. The van der Waals surface area contributed by atoms with Crippen molar-refractivity contribution in [2.24, 2.45) is 0 Å². The summed E-state index contributed by atoms with van der Waals surface area (Å²) in [6, 6.07) is 3.68. The third-order valence-corrected chi connectivity index (χ3v) is 4.18. The molecule has 0 aliphatic rings. The number of rotatable bonds is 6. The predicted molar refractivity (Wildman–Crippen MR) is 78.9 cm³/mol. The van der Waals surface area contributed by atoms with Gasteiger partial charge in [0.2, 0.25) is 0 Å². The zero-order chi connectivity index (χ0) is 14.5. The molecule has 0 spiro atoms. The largest absolute Gasteiger partial charge is 0.476 e. The van der Waals surface area contributed by atoms with Gasteiger partial charge in [-0.1, -0.05) is 13.8 Å². The van der Waals surface area contributed by atoms with Crippen molar-refractivity contribution in [3.05, 3.63) is 35.1 Å². The van der Waals surface area contributed by atoms with Crippen molar-refractivity contribution in [2.75, 3.05) is 13.1 Å². The molecule has 0 unspecified atom stereocenters. The summed E-state index contributed by atoms with van der Waals surface area (Å²) in [6.45, 7) is 6.52. The number of aromatic carboxylic acids is 1. The van der Waals surface area contributed by atoms with Gasteiger partial charge in [-0.25, -0.2) is 9.78 Å². The van der Waals surface area contributed by atoms with Crippen LogP contribution < -0.4 is 0 Å². The van der Waals surface area contributed by atoms with E-state index in [2.05, 4.69) is 28.7 Å². The molecule has 0 radical (unpaired) electrons. The first-order chi connectivity index (χ1) is 9.65. The second kappa shape index (κ2) is 6.58. The highest BCUT2D eigenvalue weighted by Crippen LogP contribution is 2.28. The van der Waals surface area contributed by atoms with Crippen molar-refractivity contribution in [3.63, 3.8) is 0 Å². The first-order valence-corrected chi connectivity index (χ1v) is 7.33. The topological polar surface area (TPSA) is 66.3 Å². The predicted octanol–water partition coefficient (Wildman–Crippen LogP) is 2.75. The summed E-state index contributed by atoms with van der Waals surface area (Å²) >= 11 is 1.44. The monoisotopic (exact) mass is 291 g/mol. The molecule has 0 aliphatic heterocycles. The lowest BCUT2D eigenvalue weighted by Crippen LogP contribution is -2.22. The van der Waals surface area contributed by atoms with Crippen LogP contribution in [0.5, 0.6) is 0 Å². The van der Waals surface area contributed by atoms with Gasteiger partial charge in [-0.3, -0.25) is 9.88 Å². The number of carboxylic acids is 1. The van der Waals surface area contributed by atoms with Crippen molar-refractivity contribution in [1.82, 2.24) is 14.9 Å². The highest BCUT2D eigenvalue weighted by Gasteiger charge is 2.19. The van der Waals surface area contributed by atoms with Crippen LogP contribution in [0, 0.1) is 0 Å². The third kappa shape index (κ3) is 3.20. The van der Waals surface area contributed by atoms with E-state index in [0.717, 1.165) is 28.5 Å². The summed E-state index contributed by atoms with van der Waals surface area (Å²) in [5.74, 6) is -0.969. The Hall–Kier alpha value is -1.79. The van der Waals surface area contributed by atoms with Gasteiger partial charge in [0.1, 0.15) is 5.01 Å². The normalized spacial score (nSPS) is 10.9. The van der Waals surface area contributed by atoms with E-state index < -0.39 is 5.97 Å². The Kier molecular flexibility index (Phi) is 4.81. The molecule has 2 aromatic heterocycles. The smallest absolute Gasteiger partial charge is 0.355 e. The molecule has 0 aliphatic carbocycles. The Balaban J connectivity index is 2.36. The quantitative estimate of drug-likeness (QED) is 0.886. The Morgan fingerprint density at radius 1 is 1.30 bits per heavy atom. The first-order valence-electron chi connectivity index (χ1n) is 6.51. The zero-order valence-corrected chi connectivity index (χ0v) is 12.4. The molecule has 0 aromatic carbocycles. The van der Waals surface area contributed by atoms with Crippen LogP contribution >= 0.6 is 11.3 Å². The molecule has 0 saturated carbocycles. The lowest BCUT2D eigenvalue weighted by atomic mass is 10.3. The van der Waals surface area contributed by atoms with Gasteiger partial charge in [0.25, 0.3) is 0 Å². The van der Waals surface area contributed by atoms with E-state index in [9.17, 15) is 9.90 Å². The summed E-state index contributed by atoms with van der Waals surface area (Å²) in [5, 5.41) is 10.0. The lowest BCUT2D eigenvalue weighted by molar-refractivity contribution is 0.0689. The van der Waals surface area contributed by atoms with Crippen LogP contribution in [0.4, 0.5) is 0 Å². The number of hydrogen-bond donors (Lipinski definition) is 1. The fourth-order valence-electron chi connectivity index (χ4n) is 1.89. The number of thiazole rings is 1. The Labute approximate surface area is 121 Å². The maximum atomic E-state index is 11.3. The van der Waals surface area contributed by atoms with E-state index in [1.54, 1.807) is 12.4 Å². The molecule has 0 fully saturated rings. The van der Waals surface area contributed by atoms with Crippen LogP contribution in [0.15, 0.2) is 24.5 Å². The Morgan fingerprint density at radius 2 is 1.95 bits per heavy atom. The van der Waals surface area contributed by atoms with Crippen LogP contribution in [0.1, 0.15) is 29.2 Å². The van der Waals surface area contributed by atoms with Gasteiger partial charge in [0.15, 0.2) is 5.69 Å². The van der Waals surface area contributed by atoms with Gasteiger partial charge >= 0.3 is 5.97 Å². The molecule has 0 amide bonds. The zero-order valence-electron chi connectivity index (χ0n) is 11.5. The lowest BCUT2D eigenvalue weighted by Gasteiger charge is -2.16. The minimum absolute atomic E-state index is 0.161. The van der Waals surface area contributed by atoms with E-state index in [1.807, 2.05) is 12.1 Å². The molecule has 0 saturated heterocycles. The summed E-state index contributed by atoms with van der Waals surface area (Å²) in [5.41, 5.74) is 1.06. The van der Waals surface area contributed by atoms with Gasteiger partial charge < -0.3 is 5.11 Å². The van der Waals surface area contributed by atoms with Crippen molar-refractivity contribution in [2.45, 2.75) is 20.4 Å². The molecule has 6 heteroatoms.